The summed E-state index contributed by atoms with van der Waals surface area (Å²) in [6.07, 6.45) is 3.96. The quantitative estimate of drug-likeness (QED) is 0.193. The monoisotopic (exact) mass is 628 g/mol. The molecule has 1 fully saturated rings. The molecular formula is C30H37BrN4O4S. The van der Waals surface area contributed by atoms with Crippen molar-refractivity contribution < 1.29 is 18.3 Å². The molecule has 2 amide bonds. The van der Waals surface area contributed by atoms with E-state index < -0.39 is 11.3 Å². The van der Waals surface area contributed by atoms with Crippen molar-refractivity contribution in [1.82, 2.24) is 14.5 Å². The highest BCUT2D eigenvalue weighted by molar-refractivity contribution is 9.10. The predicted octanol–water partition coefficient (Wildman–Crippen LogP) is 6.77. The van der Waals surface area contributed by atoms with Crippen molar-refractivity contribution >= 4 is 38.9 Å². The summed E-state index contributed by atoms with van der Waals surface area (Å²) >= 11 is 1.42. The first-order valence-corrected chi connectivity index (χ1v) is 15.5. The minimum Gasteiger partial charge on any atom is -0.457 e. The molecule has 0 aromatic heterocycles. The largest absolute Gasteiger partial charge is 0.457 e. The number of unbranched alkanes of at least 4 members (excludes halogenated alkanes) is 1. The van der Waals surface area contributed by atoms with Crippen molar-refractivity contribution in [2.45, 2.75) is 51.7 Å². The number of benzene rings is 3. The Kier molecular flexibility index (Phi) is 11.6. The number of carbonyl (C=O) groups excluding carboxylic acids is 1. The molecule has 214 valence electrons. The summed E-state index contributed by atoms with van der Waals surface area (Å²) < 4.78 is 29.0. The van der Waals surface area contributed by atoms with Gasteiger partial charge in [0.2, 0.25) is 11.3 Å². The SMILES string of the molecule is CCCCN(C(=O)Nc1ccc(Br)cc1)C1CCN(Cc2ccc(Oc3ccc(CNS(=O)O)cc3)cc2)CC1. The lowest BCUT2D eigenvalue weighted by Crippen LogP contribution is -2.49. The van der Waals surface area contributed by atoms with E-state index in [2.05, 4.69) is 49.9 Å². The van der Waals surface area contributed by atoms with Crippen LogP contribution in [0.1, 0.15) is 43.7 Å². The van der Waals surface area contributed by atoms with Crippen LogP contribution in [-0.4, -0.2) is 50.3 Å². The summed E-state index contributed by atoms with van der Waals surface area (Å²) in [6, 6.07) is 23.5. The van der Waals surface area contributed by atoms with Crippen molar-refractivity contribution in [2.75, 3.05) is 25.0 Å². The third kappa shape index (κ3) is 9.42. The average Bonchev–Trinajstić information content (AvgIpc) is 2.96. The summed E-state index contributed by atoms with van der Waals surface area (Å²) in [4.78, 5) is 17.6. The van der Waals surface area contributed by atoms with Crippen molar-refractivity contribution in [3.63, 3.8) is 0 Å². The third-order valence-electron chi connectivity index (χ3n) is 7.00. The Hall–Kier alpha value is -2.76. The van der Waals surface area contributed by atoms with Gasteiger partial charge in [-0.25, -0.2) is 13.7 Å². The predicted molar refractivity (Wildman–Crippen MR) is 164 cm³/mol. The number of rotatable bonds is 12. The molecular weight excluding hydrogens is 592 g/mol. The molecule has 10 heteroatoms. The van der Waals surface area contributed by atoms with Gasteiger partial charge >= 0.3 is 6.03 Å². The van der Waals surface area contributed by atoms with E-state index in [-0.39, 0.29) is 12.1 Å². The van der Waals surface area contributed by atoms with Crippen molar-refractivity contribution in [2.24, 2.45) is 0 Å². The molecule has 8 nitrogen and oxygen atoms in total. The molecule has 1 heterocycles. The zero-order valence-electron chi connectivity index (χ0n) is 22.7. The maximum atomic E-state index is 13.2. The zero-order chi connectivity index (χ0) is 28.3. The molecule has 3 aromatic rings. The number of hydrogen-bond donors (Lipinski definition) is 3. The lowest BCUT2D eigenvalue weighted by atomic mass is 10.0. The van der Waals surface area contributed by atoms with Crippen LogP contribution in [0.2, 0.25) is 0 Å². The van der Waals surface area contributed by atoms with E-state index >= 15 is 0 Å². The minimum atomic E-state index is -2.03. The fourth-order valence-corrected chi connectivity index (χ4v) is 5.33. The van der Waals surface area contributed by atoms with Crippen LogP contribution in [0.15, 0.2) is 77.3 Å². The average molecular weight is 630 g/mol. The molecule has 0 bridgehead atoms. The molecule has 1 aliphatic heterocycles. The van der Waals surface area contributed by atoms with Gasteiger partial charge < -0.3 is 15.0 Å². The fourth-order valence-electron chi connectivity index (χ4n) is 4.77. The molecule has 1 saturated heterocycles. The Morgan fingerprint density at radius 3 is 2.17 bits per heavy atom. The number of likely N-dealkylation sites (tertiary alicyclic amines) is 1. The van der Waals surface area contributed by atoms with Gasteiger partial charge in [0.1, 0.15) is 11.5 Å². The molecule has 1 aliphatic rings. The van der Waals surface area contributed by atoms with Gasteiger partial charge in [0.15, 0.2) is 0 Å². The topological polar surface area (TPSA) is 94.1 Å². The number of anilines is 1. The second-order valence-corrected chi connectivity index (χ2v) is 11.7. The van der Waals surface area contributed by atoms with Crippen molar-refractivity contribution in [1.29, 1.82) is 0 Å². The van der Waals surface area contributed by atoms with Crippen LogP contribution in [0.3, 0.4) is 0 Å². The van der Waals surface area contributed by atoms with Gasteiger partial charge in [0.05, 0.1) is 0 Å². The second-order valence-electron chi connectivity index (χ2n) is 9.95. The summed E-state index contributed by atoms with van der Waals surface area (Å²) in [7, 11) is 0. The maximum Gasteiger partial charge on any atom is 0.322 e. The number of piperidine rings is 1. The summed E-state index contributed by atoms with van der Waals surface area (Å²) in [6.45, 7) is 5.99. The van der Waals surface area contributed by atoms with Gasteiger partial charge in [-0.05, 0) is 78.9 Å². The first kappa shape index (κ1) is 30.2. The van der Waals surface area contributed by atoms with Crippen LogP contribution in [0, 0.1) is 0 Å². The molecule has 4 rings (SSSR count). The summed E-state index contributed by atoms with van der Waals surface area (Å²) in [5.74, 6) is 1.47. The Morgan fingerprint density at radius 2 is 1.60 bits per heavy atom. The molecule has 40 heavy (non-hydrogen) atoms. The molecule has 0 radical (unpaired) electrons. The number of ether oxygens (including phenoxy) is 1. The molecule has 0 aliphatic carbocycles. The molecule has 3 aromatic carbocycles. The van der Waals surface area contributed by atoms with E-state index in [1.54, 1.807) is 0 Å². The van der Waals surface area contributed by atoms with Crippen LogP contribution in [-0.2, 0) is 24.4 Å². The van der Waals surface area contributed by atoms with E-state index in [4.69, 9.17) is 9.29 Å². The van der Waals surface area contributed by atoms with E-state index in [1.165, 1.54) is 5.56 Å². The standard InChI is InChI=1S/C30H37BrN4O4S/c1-2-3-18-35(30(36)33-26-10-8-25(31)9-11-26)27-16-19-34(20-17-27)22-24-6-14-29(15-7-24)39-28-12-4-23(5-13-28)21-32-40(37)38/h4-15,27,32H,2-3,16-22H2,1H3,(H,33,36)(H,37,38). The highest BCUT2D eigenvalue weighted by atomic mass is 79.9. The van der Waals surface area contributed by atoms with E-state index in [1.807, 2.05) is 65.6 Å². The third-order valence-corrected chi connectivity index (χ3v) is 7.92. The van der Waals surface area contributed by atoms with Gasteiger partial charge in [-0.1, -0.05) is 53.5 Å². The lowest BCUT2D eigenvalue weighted by molar-refractivity contribution is 0.122. The first-order chi connectivity index (χ1) is 19.4. The Morgan fingerprint density at radius 1 is 1.00 bits per heavy atom. The molecule has 0 spiro atoms. The van der Waals surface area contributed by atoms with Crippen LogP contribution < -0.4 is 14.8 Å². The zero-order valence-corrected chi connectivity index (χ0v) is 25.1. The first-order valence-electron chi connectivity index (χ1n) is 13.6. The van der Waals surface area contributed by atoms with Crippen LogP contribution in [0.5, 0.6) is 11.5 Å². The number of hydrogen-bond acceptors (Lipinski definition) is 4. The Bertz CT molecular complexity index is 1230. The second kappa shape index (κ2) is 15.3. The smallest absolute Gasteiger partial charge is 0.322 e. The lowest BCUT2D eigenvalue weighted by Gasteiger charge is -2.38. The van der Waals surface area contributed by atoms with Crippen molar-refractivity contribution in [3.8, 4) is 11.5 Å². The van der Waals surface area contributed by atoms with E-state index in [0.717, 1.165) is 73.3 Å². The highest BCUT2D eigenvalue weighted by Crippen LogP contribution is 2.24. The van der Waals surface area contributed by atoms with Crippen LogP contribution in [0.25, 0.3) is 0 Å². The maximum absolute atomic E-state index is 13.2. The highest BCUT2D eigenvalue weighted by Gasteiger charge is 2.27. The van der Waals surface area contributed by atoms with E-state index in [9.17, 15) is 9.00 Å². The summed E-state index contributed by atoms with van der Waals surface area (Å²) in [5, 5.41) is 3.08. The minimum absolute atomic E-state index is 0.0160. The van der Waals surface area contributed by atoms with Gasteiger partial charge in [-0.15, -0.1) is 0 Å². The molecule has 1 unspecified atom stereocenters. The number of amides is 2. The van der Waals surface area contributed by atoms with Crippen LogP contribution in [0.4, 0.5) is 10.5 Å². The molecule has 0 saturated carbocycles. The van der Waals surface area contributed by atoms with Gasteiger partial charge in [0.25, 0.3) is 0 Å². The Labute approximate surface area is 247 Å². The number of urea groups is 1. The van der Waals surface area contributed by atoms with Crippen molar-refractivity contribution in [3.05, 3.63) is 88.4 Å². The van der Waals surface area contributed by atoms with Gasteiger partial charge in [0, 0.05) is 48.9 Å². The van der Waals surface area contributed by atoms with Gasteiger partial charge in [-0.3, -0.25) is 9.45 Å². The number of carbonyl (C=O) groups is 1. The number of halogens is 1. The fraction of sp³-hybridized carbons (Fsp3) is 0.367. The Balaban J connectivity index is 1.26. The number of nitrogens with zero attached hydrogens (tertiary/aromatic N) is 2. The molecule has 1 atom stereocenters. The van der Waals surface area contributed by atoms with Gasteiger partial charge in [-0.2, -0.15) is 0 Å². The van der Waals surface area contributed by atoms with E-state index in [0.29, 0.717) is 12.3 Å². The van der Waals surface area contributed by atoms with Crippen LogP contribution >= 0.6 is 15.9 Å². The number of nitrogens with one attached hydrogen (secondary N) is 2. The summed E-state index contributed by atoms with van der Waals surface area (Å²) in [5.41, 5.74) is 2.93. The molecule has 3 N–H and O–H groups in total. The normalized spacial score (nSPS) is 15.0.